The molecule has 218 valence electrons. The van der Waals surface area contributed by atoms with Crippen LogP contribution in [0.25, 0.3) is 34.2 Å². The highest BCUT2D eigenvalue weighted by Gasteiger charge is 2.36. The maximum atomic E-state index is 13.5. The molecule has 1 aromatic heterocycles. The van der Waals surface area contributed by atoms with E-state index < -0.39 is 29.0 Å². The highest BCUT2D eigenvalue weighted by molar-refractivity contribution is 6.23. The summed E-state index contributed by atoms with van der Waals surface area (Å²) in [5.74, 6) is 0. The molecule has 0 N–H and O–H groups in total. The second-order valence-corrected chi connectivity index (χ2v) is 10.3. The monoisotopic (exact) mass is 602 g/mol. The van der Waals surface area contributed by atoms with Gasteiger partial charge in [-0.1, -0.05) is 18.2 Å². The van der Waals surface area contributed by atoms with Gasteiger partial charge in [-0.25, -0.2) is 9.97 Å². The van der Waals surface area contributed by atoms with Crippen LogP contribution in [0.4, 0.5) is 26.3 Å². The summed E-state index contributed by atoms with van der Waals surface area (Å²) >= 11 is 0. The molecule has 0 saturated carbocycles. The maximum Gasteiger partial charge on any atom is 0.416 e. The van der Waals surface area contributed by atoms with Gasteiger partial charge in [0.15, 0.2) is 0 Å². The summed E-state index contributed by atoms with van der Waals surface area (Å²) in [4.78, 5) is 25.9. The van der Waals surface area contributed by atoms with E-state index >= 15 is 0 Å². The Morgan fingerprint density at radius 3 is 2.09 bits per heavy atom. The lowest BCUT2D eigenvalue weighted by Gasteiger charge is -2.21. The van der Waals surface area contributed by atoms with Crippen molar-refractivity contribution in [2.24, 2.45) is 20.0 Å². The molecule has 0 saturated heterocycles. The number of hydrogen-bond donors (Lipinski definition) is 0. The van der Waals surface area contributed by atoms with Crippen molar-refractivity contribution in [2.45, 2.75) is 31.2 Å². The van der Waals surface area contributed by atoms with E-state index in [1.807, 2.05) is 0 Å². The van der Waals surface area contributed by atoms with E-state index in [0.29, 0.717) is 21.6 Å². The molecule has 44 heavy (non-hydrogen) atoms. The van der Waals surface area contributed by atoms with Crippen molar-refractivity contribution in [1.82, 2.24) is 9.97 Å². The molecule has 0 bridgehead atoms. The molecule has 14 heteroatoms. The molecule has 8 nitrogen and oxygen atoms in total. The van der Waals surface area contributed by atoms with Crippen LogP contribution in [0.5, 0.6) is 0 Å². The number of fused-ring (bicyclic) bond motifs is 5. The van der Waals surface area contributed by atoms with Crippen molar-refractivity contribution in [1.29, 1.82) is 10.5 Å². The summed E-state index contributed by atoms with van der Waals surface area (Å²) in [7, 11) is 1.45. The summed E-state index contributed by atoms with van der Waals surface area (Å²) < 4.78 is 80.8. The Balaban J connectivity index is 1.58. The first-order valence-corrected chi connectivity index (χ1v) is 12.8. The minimum absolute atomic E-state index is 0.0241. The lowest BCUT2D eigenvalue weighted by Crippen LogP contribution is -2.43. The molecule has 2 aliphatic rings. The Bertz CT molecular complexity index is 2340. The molecule has 1 atom stereocenters. The lowest BCUT2D eigenvalue weighted by molar-refractivity contribution is -0.138. The molecule has 0 fully saturated rings. The number of benzene rings is 2. The smallest absolute Gasteiger partial charge is 0.286 e. The lowest BCUT2D eigenvalue weighted by atomic mass is 9.94. The zero-order valence-electron chi connectivity index (χ0n) is 22.7. The van der Waals surface area contributed by atoms with Gasteiger partial charge in [-0.3, -0.25) is 9.98 Å². The molecule has 3 aromatic carbocycles. The predicted octanol–water partition coefficient (Wildman–Crippen LogP) is 3.08. The van der Waals surface area contributed by atoms with Crippen LogP contribution in [0.2, 0.25) is 0 Å². The standard InChI is InChI=1S/C30H16F6N8/c1-28(44-27-22(39-2)16-5-3-14(29(31,32)33)9-18(16)24(27)41-13-38)8-7-20-21(11-28)43-25-17-6-4-15(30(34,35)36)10-19(17)23(40-12-37)26(25)42-20/h3-7,9-11H,8H2,1-2H3. The number of rotatable bonds is 1. The summed E-state index contributed by atoms with van der Waals surface area (Å²) in [6, 6.07) is 6.16. The van der Waals surface area contributed by atoms with E-state index in [9.17, 15) is 36.9 Å². The minimum atomic E-state index is -4.62. The molecule has 0 aliphatic heterocycles. The van der Waals surface area contributed by atoms with E-state index in [1.54, 1.807) is 31.5 Å². The molecule has 1 unspecified atom stereocenters. The number of nitriles is 2. The van der Waals surface area contributed by atoms with Crippen LogP contribution >= 0.6 is 0 Å². The Morgan fingerprint density at radius 2 is 1.43 bits per heavy atom. The van der Waals surface area contributed by atoms with Crippen LogP contribution in [0.3, 0.4) is 0 Å². The maximum absolute atomic E-state index is 13.5. The van der Waals surface area contributed by atoms with Gasteiger partial charge in [0.05, 0.1) is 38.4 Å². The van der Waals surface area contributed by atoms with Gasteiger partial charge in [-0.15, -0.1) is 0 Å². The molecular weight excluding hydrogens is 586 g/mol. The zero-order chi connectivity index (χ0) is 31.6. The van der Waals surface area contributed by atoms with Crippen LogP contribution in [-0.2, 0) is 12.4 Å². The summed E-state index contributed by atoms with van der Waals surface area (Å²) in [6.45, 7) is 1.74. The third kappa shape index (κ3) is 4.55. The first kappa shape index (κ1) is 28.6. The quantitative estimate of drug-likeness (QED) is 0.216. The normalized spacial score (nSPS) is 19.7. The molecule has 1 heterocycles. The van der Waals surface area contributed by atoms with Crippen LogP contribution < -0.4 is 26.8 Å². The third-order valence-corrected chi connectivity index (χ3v) is 7.41. The van der Waals surface area contributed by atoms with Crippen molar-refractivity contribution in [3.8, 4) is 23.6 Å². The van der Waals surface area contributed by atoms with Gasteiger partial charge < -0.3 is 0 Å². The van der Waals surface area contributed by atoms with E-state index in [0.717, 1.165) is 24.3 Å². The summed E-state index contributed by atoms with van der Waals surface area (Å²) in [5, 5.41) is 20.1. The molecular formula is C30H16F6N8. The highest BCUT2D eigenvalue weighted by Crippen LogP contribution is 2.38. The largest absolute Gasteiger partial charge is 0.416 e. The van der Waals surface area contributed by atoms with Crippen molar-refractivity contribution in [3.05, 3.63) is 85.6 Å². The van der Waals surface area contributed by atoms with Crippen molar-refractivity contribution >= 4 is 28.6 Å². The fourth-order valence-electron chi connectivity index (χ4n) is 5.46. The number of aromatic nitrogens is 2. The zero-order valence-corrected chi connectivity index (χ0v) is 22.7. The summed E-state index contributed by atoms with van der Waals surface area (Å²) in [6.07, 6.45) is -2.37. The molecule has 4 aromatic rings. The van der Waals surface area contributed by atoms with Gasteiger partial charge in [0.1, 0.15) is 22.1 Å². The van der Waals surface area contributed by atoms with Crippen molar-refractivity contribution in [3.63, 3.8) is 0 Å². The minimum Gasteiger partial charge on any atom is -0.286 e. The Hall–Kier alpha value is -5.50. The van der Waals surface area contributed by atoms with Gasteiger partial charge in [0.2, 0.25) is 12.4 Å². The van der Waals surface area contributed by atoms with Crippen LogP contribution in [0.15, 0.2) is 56.4 Å². The Labute approximate surface area is 243 Å². The predicted molar refractivity (Wildman–Crippen MR) is 144 cm³/mol. The van der Waals surface area contributed by atoms with Crippen molar-refractivity contribution in [2.75, 3.05) is 7.05 Å². The topological polar surface area (TPSA) is 123 Å². The fourth-order valence-corrected chi connectivity index (χ4v) is 5.46. The average molecular weight is 603 g/mol. The number of nitrogens with zero attached hydrogens (tertiary/aromatic N) is 8. The molecule has 0 spiro atoms. The highest BCUT2D eigenvalue weighted by atomic mass is 19.4. The fraction of sp³-hybridized carbons (Fsp3) is 0.200. The molecule has 6 rings (SSSR count). The Morgan fingerprint density at radius 1 is 0.773 bits per heavy atom. The second kappa shape index (κ2) is 9.77. The Kier molecular flexibility index (Phi) is 6.35. The SMILES string of the molecule is CN=c1c(=NC2(C)C=c3nc4c(nc3=CC2)C(=NC#N)c2cc(C(F)(F)F)ccc2-4)c(=NC#N)c2cc(C(F)(F)F)ccc12. The van der Waals surface area contributed by atoms with E-state index in [4.69, 9.17) is 4.99 Å². The van der Waals surface area contributed by atoms with E-state index in [-0.39, 0.29) is 50.5 Å². The molecule has 2 aliphatic carbocycles. The second-order valence-electron chi connectivity index (χ2n) is 10.3. The van der Waals surface area contributed by atoms with E-state index in [2.05, 4.69) is 24.9 Å². The summed E-state index contributed by atoms with van der Waals surface area (Å²) in [5.41, 5.74) is -2.12. The van der Waals surface area contributed by atoms with Gasteiger partial charge >= 0.3 is 12.4 Å². The van der Waals surface area contributed by atoms with Crippen LogP contribution in [0, 0.1) is 22.9 Å². The first-order valence-electron chi connectivity index (χ1n) is 12.8. The number of aliphatic imine (C=N–C) groups is 1. The van der Waals surface area contributed by atoms with Gasteiger partial charge in [0, 0.05) is 28.9 Å². The molecule has 0 amide bonds. The van der Waals surface area contributed by atoms with Crippen LogP contribution in [-0.4, -0.2) is 28.3 Å². The van der Waals surface area contributed by atoms with Crippen LogP contribution in [0.1, 0.15) is 35.7 Å². The average Bonchev–Trinajstić information content (AvgIpc) is 3.41. The van der Waals surface area contributed by atoms with Crippen molar-refractivity contribution < 1.29 is 26.3 Å². The van der Waals surface area contributed by atoms with Gasteiger partial charge in [-0.05, 0) is 43.7 Å². The molecule has 0 radical (unpaired) electrons. The number of alkyl halides is 6. The van der Waals surface area contributed by atoms with E-state index in [1.165, 1.54) is 19.2 Å². The van der Waals surface area contributed by atoms with Gasteiger partial charge in [-0.2, -0.15) is 46.9 Å². The third-order valence-electron chi connectivity index (χ3n) is 7.41. The number of hydrogen-bond acceptors (Lipinski definition) is 8. The van der Waals surface area contributed by atoms with Gasteiger partial charge in [0.25, 0.3) is 0 Å². The first-order chi connectivity index (χ1) is 20.8. The number of halogens is 6.